The molecule has 0 aliphatic heterocycles. The molecule has 0 saturated carbocycles. The molecular weight excluding hydrogens is 281 g/mol. The van der Waals surface area contributed by atoms with Gasteiger partial charge in [0.2, 0.25) is 0 Å². The standard InChI is InChI=1S/C11H9Cl2NO2S/c12-5-9(6-13)16-11(15)8(7-14)4-10-2-1-3-17-10/h1-4,9H,5-6H2. The molecule has 3 nitrogen and oxygen atoms in total. The number of esters is 1. The van der Waals surface area contributed by atoms with Crippen molar-refractivity contribution in [3.05, 3.63) is 28.0 Å². The number of hydrogen-bond acceptors (Lipinski definition) is 4. The second-order valence-electron chi connectivity index (χ2n) is 3.02. The summed E-state index contributed by atoms with van der Waals surface area (Å²) >= 11 is 12.5. The van der Waals surface area contributed by atoms with E-state index in [-0.39, 0.29) is 17.3 Å². The SMILES string of the molecule is N#CC(=Cc1cccs1)C(=O)OC(CCl)CCl. The van der Waals surface area contributed by atoms with Crippen LogP contribution in [-0.4, -0.2) is 23.8 Å². The van der Waals surface area contributed by atoms with Gasteiger partial charge in [-0.15, -0.1) is 34.5 Å². The van der Waals surface area contributed by atoms with Crippen LogP contribution in [0.15, 0.2) is 23.1 Å². The van der Waals surface area contributed by atoms with Crippen LogP contribution in [0.4, 0.5) is 0 Å². The van der Waals surface area contributed by atoms with E-state index in [9.17, 15) is 4.79 Å². The smallest absolute Gasteiger partial charge is 0.349 e. The van der Waals surface area contributed by atoms with Crippen LogP contribution in [-0.2, 0) is 9.53 Å². The number of nitriles is 1. The molecule has 0 unspecified atom stereocenters. The van der Waals surface area contributed by atoms with E-state index in [2.05, 4.69) is 0 Å². The molecule has 0 saturated heterocycles. The van der Waals surface area contributed by atoms with Crippen LogP contribution in [0, 0.1) is 11.3 Å². The number of rotatable bonds is 5. The van der Waals surface area contributed by atoms with Gasteiger partial charge in [-0.1, -0.05) is 6.07 Å². The van der Waals surface area contributed by atoms with E-state index < -0.39 is 12.1 Å². The minimum atomic E-state index is -0.702. The summed E-state index contributed by atoms with van der Waals surface area (Å²) in [5.74, 6) is -0.493. The molecule has 1 aromatic rings. The van der Waals surface area contributed by atoms with Crippen LogP contribution in [0.1, 0.15) is 4.88 Å². The third-order valence-corrected chi connectivity index (χ3v) is 3.30. The monoisotopic (exact) mass is 289 g/mol. The Labute approximate surface area is 113 Å². The summed E-state index contributed by atoms with van der Waals surface area (Å²) in [6.07, 6.45) is 0.901. The summed E-state index contributed by atoms with van der Waals surface area (Å²) in [5, 5.41) is 10.7. The van der Waals surface area contributed by atoms with Crippen molar-refractivity contribution in [2.75, 3.05) is 11.8 Å². The average Bonchev–Trinajstić information content (AvgIpc) is 2.85. The zero-order valence-corrected chi connectivity index (χ0v) is 11.1. The highest BCUT2D eigenvalue weighted by molar-refractivity contribution is 7.10. The van der Waals surface area contributed by atoms with Crippen LogP contribution < -0.4 is 0 Å². The molecule has 1 rings (SSSR count). The minimum Gasteiger partial charge on any atom is -0.456 e. The largest absolute Gasteiger partial charge is 0.456 e. The molecule has 1 aromatic heterocycles. The highest BCUT2D eigenvalue weighted by Crippen LogP contribution is 2.14. The Balaban J connectivity index is 2.75. The van der Waals surface area contributed by atoms with Gasteiger partial charge in [-0.05, 0) is 17.5 Å². The highest BCUT2D eigenvalue weighted by Gasteiger charge is 2.16. The summed E-state index contributed by atoms with van der Waals surface area (Å²) in [6, 6.07) is 5.43. The number of thiophene rings is 1. The average molecular weight is 290 g/mol. The number of alkyl halides is 2. The van der Waals surface area contributed by atoms with Crippen LogP contribution >= 0.6 is 34.5 Å². The maximum atomic E-state index is 11.6. The first-order valence-corrected chi connectivity index (χ1v) is 6.64. The van der Waals surface area contributed by atoms with E-state index in [1.165, 1.54) is 17.4 Å². The normalized spacial score (nSPS) is 11.3. The zero-order chi connectivity index (χ0) is 12.7. The maximum Gasteiger partial charge on any atom is 0.349 e. The van der Waals surface area contributed by atoms with Crippen LogP contribution in [0.3, 0.4) is 0 Å². The molecule has 17 heavy (non-hydrogen) atoms. The zero-order valence-electron chi connectivity index (χ0n) is 8.73. The molecule has 90 valence electrons. The quantitative estimate of drug-likeness (QED) is 0.362. The van der Waals surface area contributed by atoms with Gasteiger partial charge in [-0.2, -0.15) is 5.26 Å². The number of ether oxygens (including phenoxy) is 1. The molecule has 6 heteroatoms. The van der Waals surface area contributed by atoms with Gasteiger partial charge in [0.25, 0.3) is 0 Å². The van der Waals surface area contributed by atoms with Crippen molar-refractivity contribution in [3.8, 4) is 6.07 Å². The Bertz CT molecular complexity index is 433. The van der Waals surface area contributed by atoms with Crippen molar-refractivity contribution >= 4 is 46.6 Å². The van der Waals surface area contributed by atoms with Gasteiger partial charge in [-0.3, -0.25) is 0 Å². The van der Waals surface area contributed by atoms with Gasteiger partial charge in [-0.25, -0.2) is 4.79 Å². The highest BCUT2D eigenvalue weighted by atomic mass is 35.5. The Morgan fingerprint density at radius 1 is 1.59 bits per heavy atom. The Morgan fingerprint density at radius 2 is 2.29 bits per heavy atom. The number of carbonyl (C=O) groups excluding carboxylic acids is 1. The predicted molar refractivity (Wildman–Crippen MR) is 69.2 cm³/mol. The van der Waals surface area contributed by atoms with Crippen LogP contribution in [0.25, 0.3) is 6.08 Å². The van der Waals surface area contributed by atoms with Gasteiger partial charge in [0.1, 0.15) is 17.7 Å². The fraction of sp³-hybridized carbons (Fsp3) is 0.273. The Morgan fingerprint density at radius 3 is 2.76 bits per heavy atom. The lowest BCUT2D eigenvalue weighted by Crippen LogP contribution is -2.22. The van der Waals surface area contributed by atoms with E-state index >= 15 is 0 Å². The molecule has 0 spiro atoms. The first kappa shape index (κ1) is 14.0. The third-order valence-electron chi connectivity index (χ3n) is 1.79. The van der Waals surface area contributed by atoms with E-state index in [0.717, 1.165) is 4.88 Å². The van der Waals surface area contributed by atoms with E-state index in [4.69, 9.17) is 33.2 Å². The summed E-state index contributed by atoms with van der Waals surface area (Å²) in [4.78, 5) is 12.4. The van der Waals surface area contributed by atoms with Crippen molar-refractivity contribution in [3.63, 3.8) is 0 Å². The van der Waals surface area contributed by atoms with Crippen molar-refractivity contribution < 1.29 is 9.53 Å². The van der Waals surface area contributed by atoms with Gasteiger partial charge < -0.3 is 4.74 Å². The van der Waals surface area contributed by atoms with Crippen molar-refractivity contribution in [2.24, 2.45) is 0 Å². The van der Waals surface area contributed by atoms with E-state index in [1.54, 1.807) is 12.1 Å². The van der Waals surface area contributed by atoms with Gasteiger partial charge in [0, 0.05) is 4.88 Å². The molecule has 0 aliphatic rings. The molecule has 0 amide bonds. The van der Waals surface area contributed by atoms with Crippen molar-refractivity contribution in [2.45, 2.75) is 6.10 Å². The van der Waals surface area contributed by atoms with Gasteiger partial charge >= 0.3 is 5.97 Å². The Hall–Kier alpha value is -1.02. The molecule has 0 aromatic carbocycles. The number of nitrogens with zero attached hydrogens (tertiary/aromatic N) is 1. The first-order chi connectivity index (χ1) is 8.21. The molecule has 0 radical (unpaired) electrons. The number of halogens is 2. The van der Waals surface area contributed by atoms with E-state index in [0.29, 0.717) is 0 Å². The summed E-state index contributed by atoms with van der Waals surface area (Å²) in [5.41, 5.74) is -0.0623. The number of hydrogen-bond donors (Lipinski definition) is 0. The molecule has 0 atom stereocenters. The predicted octanol–water partition coefficient (Wildman–Crippen LogP) is 3.04. The molecule has 0 aliphatic carbocycles. The van der Waals surface area contributed by atoms with E-state index in [1.807, 2.05) is 11.4 Å². The minimum absolute atomic E-state index is 0.0623. The first-order valence-electron chi connectivity index (χ1n) is 4.69. The number of carbonyl (C=O) groups is 1. The fourth-order valence-electron chi connectivity index (χ4n) is 0.972. The van der Waals surface area contributed by atoms with Crippen molar-refractivity contribution in [1.82, 2.24) is 0 Å². The molecule has 0 N–H and O–H groups in total. The second kappa shape index (κ2) is 7.33. The third kappa shape index (κ3) is 4.39. The maximum absolute atomic E-state index is 11.6. The summed E-state index contributed by atoms with van der Waals surface area (Å²) in [6.45, 7) is 0. The summed E-state index contributed by atoms with van der Waals surface area (Å²) in [7, 11) is 0. The topological polar surface area (TPSA) is 50.1 Å². The lowest BCUT2D eigenvalue weighted by Gasteiger charge is -2.11. The van der Waals surface area contributed by atoms with Crippen LogP contribution in [0.2, 0.25) is 0 Å². The van der Waals surface area contributed by atoms with Crippen LogP contribution in [0.5, 0.6) is 0 Å². The van der Waals surface area contributed by atoms with Gasteiger partial charge in [0.05, 0.1) is 11.8 Å². The Kier molecular flexibility index (Phi) is 6.06. The lowest BCUT2D eigenvalue weighted by atomic mass is 10.2. The second-order valence-corrected chi connectivity index (χ2v) is 4.62. The van der Waals surface area contributed by atoms with Gasteiger partial charge in [0.15, 0.2) is 0 Å². The van der Waals surface area contributed by atoms with Crippen molar-refractivity contribution in [1.29, 1.82) is 5.26 Å². The summed E-state index contributed by atoms with van der Waals surface area (Å²) < 4.78 is 4.96. The molecule has 1 heterocycles. The molecule has 0 fully saturated rings. The fourth-order valence-corrected chi connectivity index (χ4v) is 2.08. The lowest BCUT2D eigenvalue weighted by molar-refractivity contribution is -0.141. The molecule has 0 bridgehead atoms. The molecular formula is C11H9Cl2NO2S.